The first-order valence-corrected chi connectivity index (χ1v) is 4.72. The minimum atomic E-state index is -0.452. The van der Waals surface area contributed by atoms with E-state index >= 15 is 0 Å². The maximum atomic E-state index is 11.2. The second kappa shape index (κ2) is 3.65. The van der Waals surface area contributed by atoms with Gasteiger partial charge in [-0.3, -0.25) is 9.59 Å². The molecule has 0 unspecified atom stereocenters. The smallest absolute Gasteiger partial charge is 0.226 e. The van der Waals surface area contributed by atoms with Gasteiger partial charge in [-0.05, 0) is 35.8 Å². The molecular weight excluding hydrogens is 188 g/mol. The Labute approximate surface area is 87.9 Å². The van der Waals surface area contributed by atoms with E-state index in [1.165, 1.54) is 12.2 Å². The summed E-state index contributed by atoms with van der Waals surface area (Å²) in [4.78, 5) is 22.2. The highest BCUT2D eigenvalue weighted by Gasteiger charge is 2.14. The van der Waals surface area contributed by atoms with Crippen molar-refractivity contribution >= 4 is 17.1 Å². The Morgan fingerprint density at radius 2 is 1.67 bits per heavy atom. The zero-order valence-electron chi connectivity index (χ0n) is 8.36. The molecule has 15 heavy (non-hydrogen) atoms. The minimum absolute atomic E-state index is 0.448. The molecule has 2 nitrogen and oxygen atoms in total. The predicted octanol–water partition coefficient (Wildman–Crippen LogP) is 2.09. The van der Waals surface area contributed by atoms with Crippen LogP contribution in [-0.2, 0) is 9.59 Å². The summed E-state index contributed by atoms with van der Waals surface area (Å²) in [5.74, 6) is -0.900. The highest BCUT2D eigenvalue weighted by molar-refractivity contribution is 6.48. The number of allylic oxidation sites excluding steroid dienone is 4. The molecular formula is C13H10O2. The van der Waals surface area contributed by atoms with E-state index in [2.05, 4.69) is 0 Å². The number of hydrogen-bond acceptors (Lipinski definition) is 2. The van der Waals surface area contributed by atoms with Gasteiger partial charge in [-0.25, -0.2) is 0 Å². The molecule has 0 fully saturated rings. The summed E-state index contributed by atoms with van der Waals surface area (Å²) in [7, 11) is 0. The Balaban J connectivity index is 2.46. The van der Waals surface area contributed by atoms with Crippen molar-refractivity contribution in [2.24, 2.45) is 0 Å². The lowest BCUT2D eigenvalue weighted by atomic mass is 9.95. The first-order valence-electron chi connectivity index (χ1n) is 4.72. The van der Waals surface area contributed by atoms with Gasteiger partial charge in [0.15, 0.2) is 0 Å². The van der Waals surface area contributed by atoms with Crippen molar-refractivity contribution in [2.75, 3.05) is 0 Å². The molecule has 0 atom stereocenters. The van der Waals surface area contributed by atoms with Crippen molar-refractivity contribution < 1.29 is 9.59 Å². The van der Waals surface area contributed by atoms with Crippen molar-refractivity contribution in [1.29, 1.82) is 0 Å². The SMILES string of the molecule is Cc1ccccc1C1=CC(=O)C(=O)C=C1. The van der Waals surface area contributed by atoms with Gasteiger partial charge in [0.05, 0.1) is 0 Å². The molecule has 74 valence electrons. The quantitative estimate of drug-likeness (QED) is 0.511. The van der Waals surface area contributed by atoms with Gasteiger partial charge in [0.2, 0.25) is 11.6 Å². The Kier molecular flexibility index (Phi) is 2.34. The van der Waals surface area contributed by atoms with E-state index in [0.29, 0.717) is 0 Å². The number of ketones is 2. The van der Waals surface area contributed by atoms with Crippen molar-refractivity contribution in [2.45, 2.75) is 6.92 Å². The Hall–Kier alpha value is -1.96. The van der Waals surface area contributed by atoms with Gasteiger partial charge in [0, 0.05) is 0 Å². The predicted molar refractivity (Wildman–Crippen MR) is 58.3 cm³/mol. The number of carbonyl (C=O) groups excluding carboxylic acids is 2. The van der Waals surface area contributed by atoms with Gasteiger partial charge in [-0.2, -0.15) is 0 Å². The third kappa shape index (κ3) is 1.79. The fraction of sp³-hybridized carbons (Fsp3) is 0.0769. The van der Waals surface area contributed by atoms with Crippen LogP contribution in [0.15, 0.2) is 42.5 Å². The molecule has 0 spiro atoms. The molecule has 1 aromatic carbocycles. The Morgan fingerprint density at radius 1 is 0.933 bits per heavy atom. The maximum Gasteiger partial charge on any atom is 0.226 e. The third-order valence-electron chi connectivity index (χ3n) is 2.40. The molecule has 0 aliphatic heterocycles. The van der Waals surface area contributed by atoms with Crippen molar-refractivity contribution in [3.05, 3.63) is 53.6 Å². The summed E-state index contributed by atoms with van der Waals surface area (Å²) in [5.41, 5.74) is 2.89. The molecule has 0 N–H and O–H groups in total. The van der Waals surface area contributed by atoms with Gasteiger partial charge in [0.25, 0.3) is 0 Å². The molecule has 0 amide bonds. The van der Waals surface area contributed by atoms with Crippen LogP contribution in [0.2, 0.25) is 0 Å². The summed E-state index contributed by atoms with van der Waals surface area (Å²) in [6.45, 7) is 1.98. The Bertz CT molecular complexity index is 493. The molecule has 0 saturated heterocycles. The normalized spacial score (nSPS) is 15.4. The second-order valence-electron chi connectivity index (χ2n) is 3.48. The van der Waals surface area contributed by atoms with E-state index in [0.717, 1.165) is 16.7 Å². The maximum absolute atomic E-state index is 11.2. The zero-order valence-corrected chi connectivity index (χ0v) is 8.36. The molecule has 0 radical (unpaired) electrons. The zero-order chi connectivity index (χ0) is 10.8. The van der Waals surface area contributed by atoms with Crippen molar-refractivity contribution in [3.63, 3.8) is 0 Å². The van der Waals surface area contributed by atoms with Crippen LogP contribution in [0.5, 0.6) is 0 Å². The van der Waals surface area contributed by atoms with Crippen LogP contribution in [-0.4, -0.2) is 11.6 Å². The van der Waals surface area contributed by atoms with E-state index < -0.39 is 11.6 Å². The standard InChI is InChI=1S/C13H10O2/c1-9-4-2-3-5-11(9)10-6-7-12(14)13(15)8-10/h2-8H,1H3. The van der Waals surface area contributed by atoms with E-state index in [1.54, 1.807) is 6.08 Å². The number of carbonyl (C=O) groups is 2. The Morgan fingerprint density at radius 3 is 2.33 bits per heavy atom. The van der Waals surface area contributed by atoms with E-state index in [9.17, 15) is 9.59 Å². The molecule has 0 bridgehead atoms. The van der Waals surface area contributed by atoms with E-state index in [4.69, 9.17) is 0 Å². The summed E-state index contributed by atoms with van der Waals surface area (Å²) in [6.07, 6.45) is 4.40. The molecule has 0 saturated carbocycles. The van der Waals surface area contributed by atoms with Gasteiger partial charge in [-0.1, -0.05) is 30.3 Å². The molecule has 1 aromatic rings. The second-order valence-corrected chi connectivity index (χ2v) is 3.48. The molecule has 0 heterocycles. The van der Waals surface area contributed by atoms with Crippen LogP contribution in [0.4, 0.5) is 0 Å². The topological polar surface area (TPSA) is 34.1 Å². The first kappa shape index (κ1) is 9.59. The van der Waals surface area contributed by atoms with Crippen molar-refractivity contribution in [3.8, 4) is 0 Å². The first-order chi connectivity index (χ1) is 7.18. The van der Waals surface area contributed by atoms with E-state index in [-0.39, 0.29) is 0 Å². The van der Waals surface area contributed by atoms with Gasteiger partial charge < -0.3 is 0 Å². The number of hydrogen-bond donors (Lipinski definition) is 0. The molecule has 2 rings (SSSR count). The summed E-state index contributed by atoms with van der Waals surface area (Å²) in [6, 6.07) is 7.77. The highest BCUT2D eigenvalue weighted by Crippen LogP contribution is 2.21. The fourth-order valence-electron chi connectivity index (χ4n) is 1.57. The monoisotopic (exact) mass is 198 g/mol. The lowest BCUT2D eigenvalue weighted by Gasteiger charge is -2.08. The summed E-state index contributed by atoms with van der Waals surface area (Å²) < 4.78 is 0. The van der Waals surface area contributed by atoms with Crippen LogP contribution < -0.4 is 0 Å². The van der Waals surface area contributed by atoms with Crippen LogP contribution in [0.25, 0.3) is 5.57 Å². The number of aryl methyl sites for hydroxylation is 1. The van der Waals surface area contributed by atoms with Crippen LogP contribution in [0, 0.1) is 6.92 Å². The van der Waals surface area contributed by atoms with Crippen molar-refractivity contribution in [1.82, 2.24) is 0 Å². The molecule has 1 aliphatic carbocycles. The van der Waals surface area contributed by atoms with E-state index in [1.807, 2.05) is 31.2 Å². The molecule has 2 heteroatoms. The largest absolute Gasteiger partial charge is 0.286 e. The number of rotatable bonds is 1. The van der Waals surface area contributed by atoms with Crippen LogP contribution >= 0.6 is 0 Å². The molecule has 0 aromatic heterocycles. The fourth-order valence-corrected chi connectivity index (χ4v) is 1.57. The average molecular weight is 198 g/mol. The highest BCUT2D eigenvalue weighted by atomic mass is 16.2. The van der Waals surface area contributed by atoms with Crippen LogP contribution in [0.1, 0.15) is 11.1 Å². The van der Waals surface area contributed by atoms with Gasteiger partial charge in [0.1, 0.15) is 0 Å². The minimum Gasteiger partial charge on any atom is -0.286 e. The van der Waals surface area contributed by atoms with Crippen LogP contribution in [0.3, 0.4) is 0 Å². The summed E-state index contributed by atoms with van der Waals surface area (Å²) in [5, 5.41) is 0. The third-order valence-corrected chi connectivity index (χ3v) is 2.40. The van der Waals surface area contributed by atoms with Gasteiger partial charge in [-0.15, -0.1) is 0 Å². The lowest BCUT2D eigenvalue weighted by Crippen LogP contribution is -2.11. The lowest BCUT2D eigenvalue weighted by molar-refractivity contribution is -0.131. The number of benzene rings is 1. The van der Waals surface area contributed by atoms with Gasteiger partial charge >= 0.3 is 0 Å². The summed E-state index contributed by atoms with van der Waals surface area (Å²) >= 11 is 0. The molecule has 1 aliphatic rings. The average Bonchev–Trinajstić information content (AvgIpc) is 2.23.